The third-order valence-corrected chi connectivity index (χ3v) is 5.29. The highest BCUT2D eigenvalue weighted by Gasteiger charge is 2.36. The van der Waals surface area contributed by atoms with Gasteiger partial charge in [0, 0.05) is 23.5 Å². The van der Waals surface area contributed by atoms with E-state index >= 15 is 0 Å². The van der Waals surface area contributed by atoms with Crippen molar-refractivity contribution in [1.29, 1.82) is 0 Å². The molecule has 0 aromatic heterocycles. The van der Waals surface area contributed by atoms with E-state index in [0.29, 0.717) is 18.6 Å². The number of ketones is 2. The van der Waals surface area contributed by atoms with Crippen LogP contribution in [0.4, 0.5) is 0 Å². The predicted molar refractivity (Wildman–Crippen MR) is 111 cm³/mol. The first-order valence-electron chi connectivity index (χ1n) is 10.3. The van der Waals surface area contributed by atoms with Gasteiger partial charge in [-0.25, -0.2) is 0 Å². The Hall–Kier alpha value is -2.93. The van der Waals surface area contributed by atoms with E-state index in [1.807, 2.05) is 30.3 Å². The number of carbonyl (C=O) groups excluding carboxylic acids is 3. The third kappa shape index (κ3) is 5.54. The summed E-state index contributed by atoms with van der Waals surface area (Å²) in [5, 5.41) is 0. The van der Waals surface area contributed by atoms with Crippen LogP contribution < -0.4 is 0 Å². The van der Waals surface area contributed by atoms with Crippen LogP contribution in [0.1, 0.15) is 57.4 Å². The maximum Gasteiger partial charge on any atom is 0.309 e. The minimum Gasteiger partial charge on any atom is -0.466 e. The SMILES string of the molecule is CCOC(=O)CC1=C(C2=CCCCC2)C(=O)C(CC(=O)C#Cc2ccccc2)C1. The molecule has 150 valence electrons. The van der Waals surface area contributed by atoms with Crippen LogP contribution in [0.2, 0.25) is 0 Å². The van der Waals surface area contributed by atoms with E-state index in [4.69, 9.17) is 4.74 Å². The smallest absolute Gasteiger partial charge is 0.309 e. The molecule has 4 nitrogen and oxygen atoms in total. The highest BCUT2D eigenvalue weighted by atomic mass is 16.5. The van der Waals surface area contributed by atoms with Gasteiger partial charge in [-0.3, -0.25) is 14.4 Å². The van der Waals surface area contributed by atoms with Gasteiger partial charge >= 0.3 is 5.97 Å². The first kappa shape index (κ1) is 20.8. The first-order valence-corrected chi connectivity index (χ1v) is 10.3. The standard InChI is InChI=1S/C25H26O4/c1-2-29-23(27)17-20-15-21(25(28)24(20)19-11-7-4-8-12-19)16-22(26)14-13-18-9-5-3-6-10-18/h3,5-6,9-11,21H,2,4,7-8,12,15-17H2,1H3. The fraction of sp³-hybridized carbons (Fsp3) is 0.400. The molecule has 1 atom stereocenters. The summed E-state index contributed by atoms with van der Waals surface area (Å²) in [5.74, 6) is 4.48. The third-order valence-electron chi connectivity index (χ3n) is 5.29. The second-order valence-electron chi connectivity index (χ2n) is 7.44. The minimum absolute atomic E-state index is 0.0210. The molecule has 0 amide bonds. The molecule has 0 bridgehead atoms. The maximum atomic E-state index is 13.1. The molecule has 1 aromatic carbocycles. The summed E-state index contributed by atoms with van der Waals surface area (Å²) in [6.07, 6.45) is 6.71. The zero-order valence-electron chi connectivity index (χ0n) is 16.8. The summed E-state index contributed by atoms with van der Waals surface area (Å²) in [6, 6.07) is 9.30. The normalized spacial score (nSPS) is 18.7. The van der Waals surface area contributed by atoms with Crippen molar-refractivity contribution in [1.82, 2.24) is 0 Å². The molecular formula is C25H26O4. The topological polar surface area (TPSA) is 60.4 Å². The molecule has 1 unspecified atom stereocenters. The summed E-state index contributed by atoms with van der Waals surface area (Å²) in [7, 11) is 0. The number of ether oxygens (including phenoxy) is 1. The van der Waals surface area contributed by atoms with Gasteiger partial charge in [-0.1, -0.05) is 30.2 Å². The van der Waals surface area contributed by atoms with Crippen LogP contribution in [0.5, 0.6) is 0 Å². The Morgan fingerprint density at radius 1 is 1.17 bits per heavy atom. The van der Waals surface area contributed by atoms with E-state index in [9.17, 15) is 14.4 Å². The van der Waals surface area contributed by atoms with Gasteiger partial charge in [-0.15, -0.1) is 0 Å². The molecule has 0 aliphatic heterocycles. The van der Waals surface area contributed by atoms with E-state index < -0.39 is 5.92 Å². The summed E-state index contributed by atoms with van der Waals surface area (Å²) in [6.45, 7) is 2.08. The molecule has 0 spiro atoms. The van der Waals surface area contributed by atoms with E-state index in [-0.39, 0.29) is 30.4 Å². The summed E-state index contributed by atoms with van der Waals surface area (Å²) in [5.41, 5.74) is 3.29. The Kier molecular flexibility index (Phi) is 7.19. The molecule has 2 aliphatic carbocycles. The molecule has 0 fully saturated rings. The van der Waals surface area contributed by atoms with E-state index in [1.54, 1.807) is 6.92 Å². The number of carbonyl (C=O) groups is 3. The Balaban J connectivity index is 1.74. The second kappa shape index (κ2) is 10.0. The molecular weight excluding hydrogens is 364 g/mol. The maximum absolute atomic E-state index is 13.1. The lowest BCUT2D eigenvalue weighted by molar-refractivity contribution is -0.142. The molecule has 0 heterocycles. The summed E-state index contributed by atoms with van der Waals surface area (Å²) >= 11 is 0. The fourth-order valence-corrected chi connectivity index (χ4v) is 3.97. The highest BCUT2D eigenvalue weighted by Crippen LogP contribution is 2.39. The lowest BCUT2D eigenvalue weighted by Gasteiger charge is -2.15. The number of hydrogen-bond acceptors (Lipinski definition) is 4. The molecule has 1 aromatic rings. The summed E-state index contributed by atoms with van der Waals surface area (Å²) < 4.78 is 5.09. The number of allylic oxidation sites excluding steroid dienone is 3. The van der Waals surface area contributed by atoms with Crippen molar-refractivity contribution in [2.75, 3.05) is 6.61 Å². The van der Waals surface area contributed by atoms with Gasteiger partial charge in [0.15, 0.2) is 5.78 Å². The van der Waals surface area contributed by atoms with Crippen LogP contribution >= 0.6 is 0 Å². The van der Waals surface area contributed by atoms with Crippen molar-refractivity contribution in [2.24, 2.45) is 5.92 Å². The van der Waals surface area contributed by atoms with Gasteiger partial charge in [0.1, 0.15) is 0 Å². The number of benzene rings is 1. The zero-order chi connectivity index (χ0) is 20.6. The minimum atomic E-state index is -0.435. The Labute approximate surface area is 172 Å². The van der Waals surface area contributed by atoms with Gasteiger partial charge in [-0.2, -0.15) is 0 Å². The fourth-order valence-electron chi connectivity index (χ4n) is 3.97. The van der Waals surface area contributed by atoms with Gasteiger partial charge < -0.3 is 4.74 Å². The lowest BCUT2D eigenvalue weighted by Crippen LogP contribution is -2.15. The van der Waals surface area contributed by atoms with Crippen LogP contribution in [-0.2, 0) is 19.1 Å². The van der Waals surface area contributed by atoms with Crippen LogP contribution in [0, 0.1) is 17.8 Å². The average molecular weight is 390 g/mol. The second-order valence-corrected chi connectivity index (χ2v) is 7.44. The van der Waals surface area contributed by atoms with Gasteiger partial charge in [-0.05, 0) is 68.2 Å². The number of Topliss-reactive ketones (excluding diaryl/α,β-unsaturated/α-hetero) is 2. The largest absolute Gasteiger partial charge is 0.466 e. The van der Waals surface area contributed by atoms with Crippen molar-refractivity contribution >= 4 is 17.5 Å². The number of rotatable bonds is 6. The Morgan fingerprint density at radius 2 is 1.97 bits per heavy atom. The predicted octanol–water partition coefficient (Wildman–Crippen LogP) is 4.34. The van der Waals surface area contributed by atoms with Gasteiger partial charge in [0.05, 0.1) is 13.0 Å². The van der Waals surface area contributed by atoms with E-state index in [2.05, 4.69) is 17.9 Å². The number of esters is 1. The monoisotopic (exact) mass is 390 g/mol. The molecule has 3 rings (SSSR count). The molecule has 0 radical (unpaired) electrons. The van der Waals surface area contributed by atoms with Crippen molar-refractivity contribution in [3.8, 4) is 11.8 Å². The van der Waals surface area contributed by atoms with Crippen LogP contribution in [0.15, 0.2) is 53.1 Å². The molecule has 4 heteroatoms. The van der Waals surface area contributed by atoms with E-state index in [0.717, 1.165) is 42.4 Å². The number of hydrogen-bond donors (Lipinski definition) is 0. The average Bonchev–Trinajstić information content (AvgIpc) is 3.02. The van der Waals surface area contributed by atoms with Crippen LogP contribution in [-0.4, -0.2) is 24.1 Å². The van der Waals surface area contributed by atoms with Crippen LogP contribution in [0.3, 0.4) is 0 Å². The van der Waals surface area contributed by atoms with E-state index in [1.165, 1.54) is 0 Å². The molecule has 0 saturated carbocycles. The van der Waals surface area contributed by atoms with Gasteiger partial charge in [0.25, 0.3) is 0 Å². The lowest BCUT2D eigenvalue weighted by atomic mass is 9.89. The van der Waals surface area contributed by atoms with Crippen molar-refractivity contribution in [3.05, 3.63) is 58.7 Å². The van der Waals surface area contributed by atoms with Crippen molar-refractivity contribution < 1.29 is 19.1 Å². The molecule has 0 saturated heterocycles. The van der Waals surface area contributed by atoms with Crippen molar-refractivity contribution in [3.63, 3.8) is 0 Å². The summed E-state index contributed by atoms with van der Waals surface area (Å²) in [4.78, 5) is 37.5. The first-order chi connectivity index (χ1) is 14.1. The quantitative estimate of drug-likeness (QED) is 0.536. The highest BCUT2D eigenvalue weighted by molar-refractivity contribution is 6.08. The van der Waals surface area contributed by atoms with Crippen molar-refractivity contribution in [2.45, 2.75) is 51.9 Å². The molecule has 0 N–H and O–H groups in total. The molecule has 29 heavy (non-hydrogen) atoms. The molecule has 2 aliphatic rings. The Bertz CT molecular complexity index is 909. The van der Waals surface area contributed by atoms with Crippen LogP contribution in [0.25, 0.3) is 0 Å². The zero-order valence-corrected chi connectivity index (χ0v) is 16.8. The Morgan fingerprint density at radius 3 is 2.66 bits per heavy atom. The van der Waals surface area contributed by atoms with Gasteiger partial charge in [0.2, 0.25) is 5.78 Å².